The molecule has 0 radical (unpaired) electrons. The summed E-state index contributed by atoms with van der Waals surface area (Å²) in [6, 6.07) is 14.4. The summed E-state index contributed by atoms with van der Waals surface area (Å²) in [6.45, 7) is 5.84. The molecule has 7 nitrogen and oxygen atoms in total. The van der Waals surface area contributed by atoms with Gasteiger partial charge in [-0.1, -0.05) is 44.2 Å². The van der Waals surface area contributed by atoms with Crippen LogP contribution in [0, 0.1) is 24.2 Å². The molecule has 1 atom stereocenters. The maximum atomic E-state index is 13.7. The molecule has 1 unspecified atom stereocenters. The zero-order valence-electron chi connectivity index (χ0n) is 21.5. The second kappa shape index (κ2) is 12.0. The van der Waals surface area contributed by atoms with E-state index < -0.39 is 29.2 Å². The van der Waals surface area contributed by atoms with Crippen LogP contribution in [0.3, 0.4) is 0 Å². The molecule has 0 aliphatic carbocycles. The van der Waals surface area contributed by atoms with Gasteiger partial charge in [0.25, 0.3) is 11.5 Å². The first-order chi connectivity index (χ1) is 18.0. The van der Waals surface area contributed by atoms with Gasteiger partial charge in [0.05, 0.1) is 23.7 Å². The normalized spacial score (nSPS) is 12.3. The summed E-state index contributed by atoms with van der Waals surface area (Å²) in [5.41, 5.74) is 5.52. The number of rotatable bonds is 9. The molecular formula is C28H30F3N5O2. The van der Waals surface area contributed by atoms with E-state index in [1.165, 1.54) is 16.4 Å². The van der Waals surface area contributed by atoms with E-state index in [1.807, 2.05) is 50.2 Å². The van der Waals surface area contributed by atoms with Gasteiger partial charge in [0, 0.05) is 12.1 Å². The number of carbonyl (C=O) groups excluding carboxylic acids is 1. The summed E-state index contributed by atoms with van der Waals surface area (Å²) in [4.78, 5) is 33.2. The molecule has 0 aliphatic heterocycles. The highest BCUT2D eigenvalue weighted by Crippen LogP contribution is 2.32. The summed E-state index contributed by atoms with van der Waals surface area (Å²) in [6.07, 6.45) is -4.12. The Kier molecular flexibility index (Phi) is 9.07. The monoisotopic (exact) mass is 525 g/mol. The summed E-state index contributed by atoms with van der Waals surface area (Å²) in [5, 5.41) is 9.68. The molecule has 38 heavy (non-hydrogen) atoms. The first-order valence-corrected chi connectivity index (χ1v) is 12.2. The molecular weight excluding hydrogens is 495 g/mol. The Morgan fingerprint density at radius 1 is 1.13 bits per heavy atom. The van der Waals surface area contributed by atoms with Gasteiger partial charge in [0.2, 0.25) is 0 Å². The minimum Gasteiger partial charge on any atom is -0.330 e. The maximum Gasteiger partial charge on any atom is 0.416 e. The summed E-state index contributed by atoms with van der Waals surface area (Å²) in [7, 11) is 0. The number of nitriles is 1. The predicted molar refractivity (Wildman–Crippen MR) is 137 cm³/mol. The number of aromatic nitrogens is 2. The average Bonchev–Trinajstić information content (AvgIpc) is 2.89. The Morgan fingerprint density at radius 3 is 2.29 bits per heavy atom. The topological polar surface area (TPSA) is 105 Å². The smallest absolute Gasteiger partial charge is 0.330 e. The molecule has 0 saturated heterocycles. The van der Waals surface area contributed by atoms with Crippen LogP contribution in [0.1, 0.15) is 64.9 Å². The molecule has 10 heteroatoms. The van der Waals surface area contributed by atoms with Crippen molar-refractivity contribution in [2.24, 2.45) is 11.7 Å². The van der Waals surface area contributed by atoms with E-state index in [2.05, 4.69) is 4.98 Å². The molecule has 1 aromatic heterocycles. The Balaban J connectivity index is 2.18. The Hall–Kier alpha value is -3.97. The van der Waals surface area contributed by atoms with Gasteiger partial charge in [-0.3, -0.25) is 14.2 Å². The molecule has 2 N–H and O–H groups in total. The third-order valence-corrected chi connectivity index (χ3v) is 6.27. The fraction of sp³-hybridized carbons (Fsp3) is 0.357. The van der Waals surface area contributed by atoms with Gasteiger partial charge in [0.15, 0.2) is 5.69 Å². The van der Waals surface area contributed by atoms with Gasteiger partial charge in [-0.25, -0.2) is 4.98 Å². The van der Waals surface area contributed by atoms with Crippen LogP contribution in [0.15, 0.2) is 59.4 Å². The molecule has 0 aliphatic rings. The van der Waals surface area contributed by atoms with Crippen molar-refractivity contribution in [3.8, 4) is 6.07 Å². The van der Waals surface area contributed by atoms with E-state index in [-0.39, 0.29) is 48.2 Å². The third kappa shape index (κ3) is 6.29. The van der Waals surface area contributed by atoms with Crippen LogP contribution in [0.4, 0.5) is 13.2 Å². The highest BCUT2D eigenvalue weighted by molar-refractivity contribution is 5.94. The minimum atomic E-state index is -4.53. The van der Waals surface area contributed by atoms with Crippen LogP contribution in [-0.2, 0) is 12.7 Å². The van der Waals surface area contributed by atoms with Gasteiger partial charge < -0.3 is 10.6 Å². The lowest BCUT2D eigenvalue weighted by atomic mass is 9.98. The Labute approximate surface area is 219 Å². The number of halogens is 3. The number of benzene rings is 2. The van der Waals surface area contributed by atoms with Crippen molar-refractivity contribution in [3.05, 3.63) is 98.7 Å². The second-order valence-corrected chi connectivity index (χ2v) is 9.34. The second-order valence-electron chi connectivity index (χ2n) is 9.34. The molecule has 1 heterocycles. The van der Waals surface area contributed by atoms with E-state index in [1.54, 1.807) is 0 Å². The number of hydrogen-bond acceptors (Lipinski definition) is 5. The zero-order valence-corrected chi connectivity index (χ0v) is 21.5. The van der Waals surface area contributed by atoms with Crippen LogP contribution in [0.5, 0.6) is 0 Å². The lowest BCUT2D eigenvalue weighted by Gasteiger charge is -2.35. The molecule has 0 saturated carbocycles. The number of alkyl halides is 3. The number of nitrogens with two attached hydrogens (primary N) is 1. The largest absolute Gasteiger partial charge is 0.416 e. The molecule has 3 aromatic rings. The van der Waals surface area contributed by atoms with Crippen molar-refractivity contribution < 1.29 is 18.0 Å². The van der Waals surface area contributed by atoms with Crippen molar-refractivity contribution in [2.45, 2.75) is 46.0 Å². The van der Waals surface area contributed by atoms with E-state index in [4.69, 9.17) is 5.73 Å². The molecule has 2 aromatic carbocycles. The first kappa shape index (κ1) is 28.6. The van der Waals surface area contributed by atoms with Crippen molar-refractivity contribution in [2.75, 3.05) is 13.1 Å². The van der Waals surface area contributed by atoms with Gasteiger partial charge in [0.1, 0.15) is 11.9 Å². The van der Waals surface area contributed by atoms with Crippen LogP contribution in [-0.4, -0.2) is 33.4 Å². The molecule has 1 amide bonds. The lowest BCUT2D eigenvalue weighted by molar-refractivity contribution is -0.137. The van der Waals surface area contributed by atoms with Crippen molar-refractivity contribution in [3.63, 3.8) is 0 Å². The van der Waals surface area contributed by atoms with E-state index >= 15 is 0 Å². The summed E-state index contributed by atoms with van der Waals surface area (Å²) >= 11 is 0. The maximum absolute atomic E-state index is 13.7. The molecule has 0 spiro atoms. The number of hydrogen-bond donors (Lipinski definition) is 1. The Bertz CT molecular complexity index is 1360. The zero-order chi connectivity index (χ0) is 28.0. The standard InChI is InChI=1S/C28H30F3N5O2/c1-18(2)24(35(15-7-14-32)27(38)21-10-12-22(13-11-21)28(29,30)31)25-34-23(16-33)19(3)26(37)36(25)17-20-8-5-4-6-9-20/h4-6,8-13,18,24H,7,14-15,17,32H2,1-3H3. The molecule has 0 bridgehead atoms. The molecule has 0 fully saturated rings. The fourth-order valence-electron chi connectivity index (χ4n) is 4.31. The summed E-state index contributed by atoms with van der Waals surface area (Å²) < 4.78 is 40.7. The SMILES string of the molecule is Cc1c(C#N)nc(C(C(C)C)N(CCCN)C(=O)c2ccc(C(F)(F)F)cc2)n(Cc2ccccc2)c1=O. The van der Waals surface area contributed by atoms with Crippen molar-refractivity contribution >= 4 is 5.91 Å². The van der Waals surface area contributed by atoms with E-state index in [0.717, 1.165) is 29.8 Å². The quantitative estimate of drug-likeness (QED) is 0.437. The van der Waals surface area contributed by atoms with Crippen molar-refractivity contribution in [1.29, 1.82) is 5.26 Å². The van der Waals surface area contributed by atoms with Gasteiger partial charge >= 0.3 is 6.18 Å². The number of amides is 1. The highest BCUT2D eigenvalue weighted by Gasteiger charge is 2.34. The first-order valence-electron chi connectivity index (χ1n) is 12.2. The average molecular weight is 526 g/mol. The van der Waals surface area contributed by atoms with Crippen molar-refractivity contribution in [1.82, 2.24) is 14.5 Å². The Morgan fingerprint density at radius 2 is 1.76 bits per heavy atom. The number of carbonyl (C=O) groups is 1. The van der Waals surface area contributed by atoms with Gasteiger partial charge in [-0.15, -0.1) is 0 Å². The molecule has 200 valence electrons. The minimum absolute atomic E-state index is 0.0410. The lowest BCUT2D eigenvalue weighted by Crippen LogP contribution is -2.43. The van der Waals surface area contributed by atoms with Crippen LogP contribution < -0.4 is 11.3 Å². The van der Waals surface area contributed by atoms with E-state index in [0.29, 0.717) is 6.42 Å². The molecule has 3 rings (SSSR count). The van der Waals surface area contributed by atoms with Crippen LogP contribution in [0.25, 0.3) is 0 Å². The van der Waals surface area contributed by atoms with Gasteiger partial charge in [-0.05, 0) is 55.6 Å². The third-order valence-electron chi connectivity index (χ3n) is 6.27. The highest BCUT2D eigenvalue weighted by atomic mass is 19.4. The van der Waals surface area contributed by atoms with E-state index in [9.17, 15) is 28.0 Å². The fourth-order valence-corrected chi connectivity index (χ4v) is 4.31. The number of nitrogens with zero attached hydrogens (tertiary/aromatic N) is 4. The predicted octanol–water partition coefficient (Wildman–Crippen LogP) is 4.68. The van der Waals surface area contributed by atoms with Gasteiger partial charge in [-0.2, -0.15) is 18.4 Å². The van der Waals surface area contributed by atoms with Crippen LogP contribution in [0.2, 0.25) is 0 Å². The van der Waals surface area contributed by atoms with Crippen LogP contribution >= 0.6 is 0 Å². The summed E-state index contributed by atoms with van der Waals surface area (Å²) in [5.74, 6) is -0.562.